The molecule has 0 atom stereocenters. The zero-order valence-electron chi connectivity index (χ0n) is 35.8. The zero-order valence-corrected chi connectivity index (χ0v) is 35.8. The number of amides is 2. The molecule has 0 aromatic rings. The van der Waals surface area contributed by atoms with Crippen molar-refractivity contribution in [1.29, 1.82) is 0 Å². The summed E-state index contributed by atoms with van der Waals surface area (Å²) in [5, 5.41) is 6.59. The van der Waals surface area contributed by atoms with Crippen molar-refractivity contribution in [1.82, 2.24) is 44.9 Å². The molecule has 14 heteroatoms. The van der Waals surface area contributed by atoms with Crippen LogP contribution < -0.4 is 10.6 Å². The van der Waals surface area contributed by atoms with E-state index in [2.05, 4.69) is 49.2 Å². The van der Waals surface area contributed by atoms with E-state index in [4.69, 9.17) is 9.47 Å². The van der Waals surface area contributed by atoms with Gasteiger partial charge in [-0.2, -0.15) is 0 Å². The Morgan fingerprint density at radius 1 is 0.500 bits per heavy atom. The molecule has 314 valence electrons. The lowest BCUT2D eigenvalue weighted by Gasteiger charge is -2.42. The van der Waals surface area contributed by atoms with Crippen LogP contribution in [-0.4, -0.2) is 215 Å². The highest BCUT2D eigenvalue weighted by Gasteiger charge is 2.30. The Morgan fingerprint density at radius 2 is 0.833 bits per heavy atom. The van der Waals surface area contributed by atoms with Crippen LogP contribution in [0.25, 0.3) is 0 Å². The molecule has 14 nitrogen and oxygen atoms in total. The first-order valence-corrected chi connectivity index (χ1v) is 20.9. The number of carbonyl (C=O) groups is 3. The number of Topliss-reactive ketones (excluding diaryl/α,β-unsaturated/α-hetero) is 1. The number of nitrogens with one attached hydrogen (secondary N) is 2. The number of nitrogens with zero attached hydrogens (tertiary/aromatic N) is 7. The first-order valence-electron chi connectivity index (χ1n) is 20.9. The average molecular weight is 766 g/mol. The van der Waals surface area contributed by atoms with Gasteiger partial charge in [-0.25, -0.2) is 9.59 Å². The summed E-state index contributed by atoms with van der Waals surface area (Å²) in [7, 11) is 6.47. The summed E-state index contributed by atoms with van der Waals surface area (Å²) in [4.78, 5) is 49.9. The number of piperidine rings is 3. The molecule has 6 rings (SSSR count). The molecule has 0 aliphatic carbocycles. The van der Waals surface area contributed by atoms with E-state index in [-0.39, 0.29) is 17.8 Å². The van der Waals surface area contributed by atoms with E-state index in [9.17, 15) is 14.4 Å². The lowest BCUT2D eigenvalue weighted by molar-refractivity contribution is -0.121. The van der Waals surface area contributed by atoms with Gasteiger partial charge in [-0.3, -0.25) is 14.6 Å². The summed E-state index contributed by atoms with van der Waals surface area (Å²) < 4.78 is 10.7. The first kappa shape index (κ1) is 46.3. The van der Waals surface area contributed by atoms with E-state index >= 15 is 0 Å². The maximum atomic E-state index is 12.0. The molecule has 0 unspecified atom stereocenters. The molecule has 0 aromatic heterocycles. The maximum Gasteiger partial charge on any atom is 0.410 e. The fraction of sp³-hybridized carbons (Fsp3) is 0.925. The number of piperazine rings is 3. The Morgan fingerprint density at radius 3 is 1.20 bits per heavy atom. The summed E-state index contributed by atoms with van der Waals surface area (Å²) in [5.74, 6) is 0.420. The normalized spacial score (nSPS) is 23.9. The predicted octanol–water partition coefficient (Wildman–Crippen LogP) is 2.73. The highest BCUT2D eigenvalue weighted by Crippen LogP contribution is 2.19. The molecule has 2 N–H and O–H groups in total. The first-order chi connectivity index (χ1) is 25.5. The van der Waals surface area contributed by atoms with E-state index in [1.807, 2.05) is 53.5 Å². The van der Waals surface area contributed by atoms with E-state index in [1.165, 1.54) is 78.0 Å². The molecule has 0 aromatic carbocycles. The van der Waals surface area contributed by atoms with Gasteiger partial charge in [0.05, 0.1) is 0 Å². The van der Waals surface area contributed by atoms with Crippen molar-refractivity contribution < 1.29 is 23.9 Å². The number of ether oxygens (including phenoxy) is 2. The molecule has 6 aliphatic heterocycles. The van der Waals surface area contributed by atoms with Gasteiger partial charge in [-0.1, -0.05) is 0 Å². The minimum atomic E-state index is -0.401. The zero-order chi connectivity index (χ0) is 39.7. The largest absolute Gasteiger partial charge is 0.444 e. The average Bonchev–Trinajstić information content (AvgIpc) is 3.14. The smallest absolute Gasteiger partial charge is 0.410 e. The summed E-state index contributed by atoms with van der Waals surface area (Å²) in [6.45, 7) is 29.9. The van der Waals surface area contributed by atoms with E-state index in [0.29, 0.717) is 11.8 Å². The second-order valence-corrected chi connectivity index (χ2v) is 17.9. The van der Waals surface area contributed by atoms with Crippen molar-refractivity contribution in [3.63, 3.8) is 0 Å². The molecule has 0 saturated carbocycles. The third-order valence-electron chi connectivity index (χ3n) is 10.8. The van der Waals surface area contributed by atoms with E-state index in [1.54, 1.807) is 4.90 Å². The number of hydrogen-bond donors (Lipinski definition) is 2. The molecule has 6 saturated heterocycles. The topological polar surface area (TPSA) is 116 Å². The van der Waals surface area contributed by atoms with Gasteiger partial charge in [-0.05, 0) is 115 Å². The molecule has 0 bridgehead atoms. The molecule has 0 radical (unpaired) electrons. The lowest BCUT2D eigenvalue weighted by atomic mass is 10.0. The Kier molecular flexibility index (Phi) is 19.9. The molecular weight excluding hydrogens is 686 g/mol. The second kappa shape index (κ2) is 23.2. The Bertz CT molecular complexity index is 1070. The van der Waals surface area contributed by atoms with Crippen LogP contribution in [0.4, 0.5) is 9.59 Å². The quantitative estimate of drug-likeness (QED) is 0.431. The predicted molar refractivity (Wildman–Crippen MR) is 217 cm³/mol. The van der Waals surface area contributed by atoms with Crippen LogP contribution in [0.5, 0.6) is 0 Å². The third kappa shape index (κ3) is 18.7. The van der Waals surface area contributed by atoms with Gasteiger partial charge < -0.3 is 44.6 Å². The van der Waals surface area contributed by atoms with Gasteiger partial charge in [0.25, 0.3) is 0 Å². The van der Waals surface area contributed by atoms with Gasteiger partial charge in [0.1, 0.15) is 17.0 Å². The molecule has 6 aliphatic rings. The lowest BCUT2D eigenvalue weighted by Crippen LogP contribution is -2.54. The van der Waals surface area contributed by atoms with Crippen LogP contribution in [0.1, 0.15) is 80.1 Å². The molecule has 54 heavy (non-hydrogen) atoms. The maximum absolute atomic E-state index is 12.0. The summed E-state index contributed by atoms with van der Waals surface area (Å²) in [5.41, 5.74) is -0.788. The van der Waals surface area contributed by atoms with Gasteiger partial charge >= 0.3 is 12.2 Å². The molecular formula is C40H79N9O5. The Hall–Kier alpha value is -2.07. The summed E-state index contributed by atoms with van der Waals surface area (Å²) in [6.07, 6.45) is 6.40. The fourth-order valence-electron chi connectivity index (χ4n) is 7.41. The SMILES string of the molecule is CC(C)(C)OC(=O)N1CCNCC1.CN1CCC(=O)CC1.CN1CCC(N2CCN(C(=O)OC(C)(C)C)CC2)CC1.CN1CCC(N2CCNCC2)CC1. The molecule has 6 heterocycles. The number of likely N-dealkylation sites (tertiary alicyclic amines) is 3. The minimum Gasteiger partial charge on any atom is -0.444 e. The van der Waals surface area contributed by atoms with Gasteiger partial charge in [-0.15, -0.1) is 0 Å². The van der Waals surface area contributed by atoms with Crippen molar-refractivity contribution in [2.24, 2.45) is 0 Å². The number of ketones is 1. The van der Waals surface area contributed by atoms with Gasteiger partial charge in [0.2, 0.25) is 0 Å². The van der Waals surface area contributed by atoms with Crippen LogP contribution >= 0.6 is 0 Å². The van der Waals surface area contributed by atoms with Crippen molar-refractivity contribution in [3.8, 4) is 0 Å². The summed E-state index contributed by atoms with van der Waals surface area (Å²) >= 11 is 0. The highest BCUT2D eigenvalue weighted by atomic mass is 16.6. The van der Waals surface area contributed by atoms with Crippen molar-refractivity contribution >= 4 is 18.0 Å². The highest BCUT2D eigenvalue weighted by molar-refractivity contribution is 5.79. The summed E-state index contributed by atoms with van der Waals surface area (Å²) in [6, 6.07) is 1.57. The monoisotopic (exact) mass is 766 g/mol. The molecule has 6 fully saturated rings. The second-order valence-electron chi connectivity index (χ2n) is 17.9. The van der Waals surface area contributed by atoms with Gasteiger partial charge in [0.15, 0.2) is 0 Å². The van der Waals surface area contributed by atoms with Crippen molar-refractivity contribution in [2.75, 3.05) is 139 Å². The number of carbonyl (C=O) groups excluding carboxylic acids is 3. The van der Waals surface area contributed by atoms with Crippen LogP contribution in [-0.2, 0) is 14.3 Å². The third-order valence-corrected chi connectivity index (χ3v) is 10.8. The fourth-order valence-corrected chi connectivity index (χ4v) is 7.41. The van der Waals surface area contributed by atoms with E-state index in [0.717, 1.165) is 84.3 Å². The molecule has 2 amide bonds. The van der Waals surface area contributed by atoms with Crippen LogP contribution in [0.3, 0.4) is 0 Å². The van der Waals surface area contributed by atoms with Gasteiger partial charge in [0, 0.05) is 117 Å². The van der Waals surface area contributed by atoms with Crippen LogP contribution in [0.2, 0.25) is 0 Å². The Balaban J connectivity index is 0.000000203. The number of hydrogen-bond acceptors (Lipinski definition) is 12. The van der Waals surface area contributed by atoms with Crippen molar-refractivity contribution in [3.05, 3.63) is 0 Å². The molecule has 0 spiro atoms. The standard InChI is InChI=1S/C15H29N3O2.C10H21N3.C9H18N2O2.C6H11NO/c1-15(2,3)20-14(19)18-11-9-17(10-12-18)13-5-7-16(4)8-6-13;1-12-6-2-10(3-7-12)13-8-4-11-5-9-13;1-9(2,3)13-8(12)11-6-4-10-5-7-11;1-7-4-2-6(8)3-5-7/h13H,5-12H2,1-4H3;10-11H,2-9H2,1H3;10H,4-7H2,1-3H3;2-5H2,1H3. The van der Waals surface area contributed by atoms with Crippen LogP contribution in [0.15, 0.2) is 0 Å². The van der Waals surface area contributed by atoms with Crippen molar-refractivity contribution in [2.45, 2.75) is 103 Å². The van der Waals surface area contributed by atoms with E-state index < -0.39 is 5.60 Å². The minimum absolute atomic E-state index is 0.166. The Labute approximate surface area is 328 Å². The number of rotatable bonds is 2. The van der Waals surface area contributed by atoms with Crippen LogP contribution in [0, 0.1) is 0 Å².